The number of amides is 1. The molecule has 0 spiro atoms. The predicted molar refractivity (Wildman–Crippen MR) is 80.1 cm³/mol. The summed E-state index contributed by atoms with van der Waals surface area (Å²) in [5, 5.41) is 12.7. The largest absolute Gasteiger partial charge is 0.480 e. The van der Waals surface area contributed by atoms with Gasteiger partial charge in [0.15, 0.2) is 0 Å². The number of aromatic nitrogens is 1. The van der Waals surface area contributed by atoms with Crippen molar-refractivity contribution in [3.8, 4) is 0 Å². The number of carboxylic acid groups (broad SMARTS) is 1. The summed E-state index contributed by atoms with van der Waals surface area (Å²) in [5.74, 6) is -1.54. The van der Waals surface area contributed by atoms with Crippen LogP contribution in [0.5, 0.6) is 0 Å². The Labute approximate surface area is 123 Å². The van der Waals surface area contributed by atoms with Gasteiger partial charge in [0.1, 0.15) is 11.7 Å². The summed E-state index contributed by atoms with van der Waals surface area (Å²) in [6, 6.07) is 9.86. The lowest BCUT2D eigenvalue weighted by atomic mass is 9.86. The number of para-hydroxylation sites is 1. The number of pyridine rings is 1. The van der Waals surface area contributed by atoms with E-state index in [1.165, 1.54) is 0 Å². The van der Waals surface area contributed by atoms with E-state index >= 15 is 0 Å². The normalized spacial score (nSPS) is 12.9. The number of carboxylic acids is 1. The molecule has 0 aliphatic rings. The van der Waals surface area contributed by atoms with Gasteiger partial charge in [-0.25, -0.2) is 9.78 Å². The zero-order chi connectivity index (χ0) is 15.6. The van der Waals surface area contributed by atoms with Gasteiger partial charge in [-0.05, 0) is 17.5 Å². The van der Waals surface area contributed by atoms with Crippen molar-refractivity contribution in [3.05, 3.63) is 42.1 Å². The van der Waals surface area contributed by atoms with E-state index in [1.807, 2.05) is 24.3 Å². The summed E-state index contributed by atoms with van der Waals surface area (Å²) in [7, 11) is 0. The molecule has 0 saturated heterocycles. The van der Waals surface area contributed by atoms with Crippen LogP contribution in [-0.4, -0.2) is 28.0 Å². The number of carbonyl (C=O) groups is 2. The van der Waals surface area contributed by atoms with Crippen molar-refractivity contribution in [2.45, 2.75) is 26.8 Å². The fourth-order valence-corrected chi connectivity index (χ4v) is 2.05. The van der Waals surface area contributed by atoms with Gasteiger partial charge in [-0.15, -0.1) is 0 Å². The zero-order valence-electron chi connectivity index (χ0n) is 12.3. The topological polar surface area (TPSA) is 79.3 Å². The summed E-state index contributed by atoms with van der Waals surface area (Å²) < 4.78 is 0. The van der Waals surface area contributed by atoms with Gasteiger partial charge < -0.3 is 10.4 Å². The minimum absolute atomic E-state index is 0.212. The van der Waals surface area contributed by atoms with Gasteiger partial charge >= 0.3 is 5.97 Å². The highest BCUT2D eigenvalue weighted by Crippen LogP contribution is 2.20. The van der Waals surface area contributed by atoms with E-state index in [2.05, 4.69) is 10.3 Å². The molecule has 1 aromatic heterocycles. The fourth-order valence-electron chi connectivity index (χ4n) is 2.05. The Kier molecular flexibility index (Phi) is 3.93. The van der Waals surface area contributed by atoms with Crippen LogP contribution in [0.1, 0.15) is 31.3 Å². The van der Waals surface area contributed by atoms with Crippen LogP contribution in [0, 0.1) is 5.41 Å². The molecule has 2 aromatic rings. The highest BCUT2D eigenvalue weighted by atomic mass is 16.4. The number of benzene rings is 1. The Morgan fingerprint density at radius 2 is 1.81 bits per heavy atom. The Bertz CT molecular complexity index is 689. The molecule has 1 atom stereocenters. The van der Waals surface area contributed by atoms with Crippen molar-refractivity contribution in [2.24, 2.45) is 5.41 Å². The van der Waals surface area contributed by atoms with E-state index in [9.17, 15) is 14.7 Å². The Balaban J connectivity index is 2.27. The van der Waals surface area contributed by atoms with Crippen molar-refractivity contribution in [2.75, 3.05) is 0 Å². The molecule has 1 heterocycles. The number of carbonyl (C=O) groups excluding carboxylic acids is 1. The number of aliphatic carboxylic acids is 1. The van der Waals surface area contributed by atoms with Gasteiger partial charge in [0.2, 0.25) is 0 Å². The SMILES string of the molecule is CC(C)(C)[C@@H](NC(=O)c1ccc2ccccc2n1)C(=O)O. The number of nitrogens with zero attached hydrogens (tertiary/aromatic N) is 1. The molecule has 2 rings (SSSR count). The molecule has 1 amide bonds. The third-order valence-electron chi connectivity index (χ3n) is 3.22. The fraction of sp³-hybridized carbons (Fsp3) is 0.312. The van der Waals surface area contributed by atoms with E-state index in [0.717, 1.165) is 5.39 Å². The summed E-state index contributed by atoms with van der Waals surface area (Å²) in [5.41, 5.74) is 0.329. The average Bonchev–Trinajstić information content (AvgIpc) is 2.42. The molecule has 0 aliphatic carbocycles. The van der Waals surface area contributed by atoms with Crippen LogP contribution in [0.3, 0.4) is 0 Å². The smallest absolute Gasteiger partial charge is 0.326 e. The van der Waals surface area contributed by atoms with Gasteiger partial charge in [0, 0.05) is 5.39 Å². The van der Waals surface area contributed by atoms with Gasteiger partial charge in [0.05, 0.1) is 5.52 Å². The quantitative estimate of drug-likeness (QED) is 0.908. The molecule has 0 radical (unpaired) electrons. The highest BCUT2D eigenvalue weighted by molar-refractivity contribution is 5.97. The molecular weight excluding hydrogens is 268 g/mol. The van der Waals surface area contributed by atoms with Crippen LogP contribution in [0.2, 0.25) is 0 Å². The van der Waals surface area contributed by atoms with E-state index in [4.69, 9.17) is 0 Å². The van der Waals surface area contributed by atoms with Crippen molar-refractivity contribution >= 4 is 22.8 Å². The average molecular weight is 286 g/mol. The third-order valence-corrected chi connectivity index (χ3v) is 3.22. The predicted octanol–water partition coefficient (Wildman–Crippen LogP) is 2.46. The van der Waals surface area contributed by atoms with Crippen LogP contribution < -0.4 is 5.32 Å². The van der Waals surface area contributed by atoms with Crippen molar-refractivity contribution < 1.29 is 14.7 Å². The molecule has 5 nitrogen and oxygen atoms in total. The Morgan fingerprint density at radius 3 is 2.43 bits per heavy atom. The standard InChI is InChI=1S/C16H18N2O3/c1-16(2,3)13(15(20)21)18-14(19)12-9-8-10-6-4-5-7-11(10)17-12/h4-9,13H,1-3H3,(H,18,19)(H,20,21)/t13-/m0/s1. The third kappa shape index (κ3) is 3.37. The molecular formula is C16H18N2O3. The zero-order valence-corrected chi connectivity index (χ0v) is 12.3. The summed E-state index contributed by atoms with van der Waals surface area (Å²) in [6.07, 6.45) is 0. The lowest BCUT2D eigenvalue weighted by Gasteiger charge is -2.27. The first kappa shape index (κ1) is 15.0. The van der Waals surface area contributed by atoms with E-state index in [-0.39, 0.29) is 5.69 Å². The molecule has 110 valence electrons. The van der Waals surface area contributed by atoms with Gasteiger partial charge in [-0.2, -0.15) is 0 Å². The first-order valence-electron chi connectivity index (χ1n) is 6.68. The maximum Gasteiger partial charge on any atom is 0.326 e. The van der Waals surface area contributed by atoms with Crippen LogP contribution in [0.4, 0.5) is 0 Å². The second-order valence-electron chi connectivity index (χ2n) is 6.00. The lowest BCUT2D eigenvalue weighted by molar-refractivity contribution is -0.142. The molecule has 21 heavy (non-hydrogen) atoms. The van der Waals surface area contributed by atoms with Crippen LogP contribution in [0.25, 0.3) is 10.9 Å². The van der Waals surface area contributed by atoms with Crippen molar-refractivity contribution in [3.63, 3.8) is 0 Å². The lowest BCUT2D eigenvalue weighted by Crippen LogP contribution is -2.49. The highest BCUT2D eigenvalue weighted by Gasteiger charge is 2.33. The van der Waals surface area contributed by atoms with Crippen LogP contribution in [0.15, 0.2) is 36.4 Å². The molecule has 0 fully saturated rings. The molecule has 0 unspecified atom stereocenters. The number of hydrogen-bond donors (Lipinski definition) is 2. The van der Waals surface area contributed by atoms with E-state index in [0.29, 0.717) is 5.52 Å². The van der Waals surface area contributed by atoms with Crippen molar-refractivity contribution in [1.82, 2.24) is 10.3 Å². The summed E-state index contributed by atoms with van der Waals surface area (Å²) >= 11 is 0. The van der Waals surface area contributed by atoms with Gasteiger partial charge in [0.25, 0.3) is 5.91 Å². The summed E-state index contributed by atoms with van der Waals surface area (Å²) in [6.45, 7) is 5.29. The van der Waals surface area contributed by atoms with Gasteiger partial charge in [-0.1, -0.05) is 45.0 Å². The van der Waals surface area contributed by atoms with Crippen molar-refractivity contribution in [1.29, 1.82) is 0 Å². The molecule has 1 aromatic carbocycles. The maximum atomic E-state index is 12.2. The molecule has 0 aliphatic heterocycles. The minimum Gasteiger partial charge on any atom is -0.480 e. The van der Waals surface area contributed by atoms with Crippen LogP contribution in [-0.2, 0) is 4.79 Å². The number of rotatable bonds is 3. The van der Waals surface area contributed by atoms with E-state index < -0.39 is 23.3 Å². The number of fused-ring (bicyclic) bond motifs is 1. The molecule has 2 N–H and O–H groups in total. The maximum absolute atomic E-state index is 12.2. The monoisotopic (exact) mass is 286 g/mol. The number of hydrogen-bond acceptors (Lipinski definition) is 3. The molecule has 0 bridgehead atoms. The summed E-state index contributed by atoms with van der Waals surface area (Å²) in [4.78, 5) is 27.8. The van der Waals surface area contributed by atoms with Crippen LogP contribution >= 0.6 is 0 Å². The Hall–Kier alpha value is -2.43. The Morgan fingerprint density at radius 1 is 1.14 bits per heavy atom. The minimum atomic E-state index is -1.06. The molecule has 5 heteroatoms. The first-order chi connectivity index (χ1) is 9.79. The van der Waals surface area contributed by atoms with Gasteiger partial charge in [-0.3, -0.25) is 4.79 Å². The first-order valence-corrected chi connectivity index (χ1v) is 6.68. The van der Waals surface area contributed by atoms with E-state index in [1.54, 1.807) is 32.9 Å². The molecule has 0 saturated carbocycles. The second kappa shape index (κ2) is 5.52. The second-order valence-corrected chi connectivity index (χ2v) is 6.00. The number of nitrogens with one attached hydrogen (secondary N) is 1.